The van der Waals surface area contributed by atoms with Crippen LogP contribution in [0.15, 0.2) is 63.9 Å². The molecule has 5 rings (SSSR count). The Morgan fingerprint density at radius 1 is 1.17 bits per heavy atom. The second-order valence-corrected chi connectivity index (χ2v) is 8.22. The van der Waals surface area contributed by atoms with Gasteiger partial charge in [0.25, 0.3) is 0 Å². The van der Waals surface area contributed by atoms with E-state index in [1.165, 1.54) is 6.92 Å². The molecule has 10 nitrogen and oxygen atoms in total. The minimum atomic E-state index is -0.685. The van der Waals surface area contributed by atoms with E-state index in [0.717, 1.165) is 5.69 Å². The number of carbonyl (C=O) groups is 1. The lowest BCUT2D eigenvalue weighted by Crippen LogP contribution is -2.35. The molecule has 2 aromatic carbocycles. The summed E-state index contributed by atoms with van der Waals surface area (Å²) in [5, 5.41) is 10.3. The number of Topliss-reactive ketones (excluding diaryl/α,β-unsaturated/α-hetero) is 1. The molecule has 3 N–H and O–H groups in total. The Bertz CT molecular complexity index is 1480. The molecule has 3 heterocycles. The lowest BCUT2D eigenvalue weighted by molar-refractivity contribution is 0.0277. The number of methoxy groups -OCH3 is 1. The average molecular weight is 488 g/mol. The summed E-state index contributed by atoms with van der Waals surface area (Å²) in [6, 6.07) is 14.6. The third-order valence-corrected chi connectivity index (χ3v) is 5.83. The topological polar surface area (TPSA) is 128 Å². The van der Waals surface area contributed by atoms with Crippen LogP contribution in [0.5, 0.6) is 5.75 Å². The van der Waals surface area contributed by atoms with Gasteiger partial charge in [-0.15, -0.1) is 0 Å². The number of rotatable bonds is 7. The fraction of sp³-hybridized carbons (Fsp3) is 0.231. The monoisotopic (exact) mass is 487 g/mol. The van der Waals surface area contributed by atoms with Crippen molar-refractivity contribution >= 4 is 39.9 Å². The quantitative estimate of drug-likeness (QED) is 0.260. The summed E-state index contributed by atoms with van der Waals surface area (Å²) in [4.78, 5) is 33.9. The molecular weight excluding hydrogens is 462 g/mol. The van der Waals surface area contributed by atoms with Crippen LogP contribution in [0, 0.1) is 0 Å². The molecule has 0 radical (unpaired) electrons. The second-order valence-electron chi connectivity index (χ2n) is 8.22. The number of hydrogen-bond donors (Lipinski definition) is 3. The second kappa shape index (κ2) is 10.1. The number of morpholine rings is 1. The Hall–Kier alpha value is -4.28. The predicted octanol–water partition coefficient (Wildman–Crippen LogP) is 3.94. The van der Waals surface area contributed by atoms with Crippen LogP contribution in [0.25, 0.3) is 11.0 Å². The maximum Gasteiger partial charge on any atom is 0.347 e. The first-order valence-electron chi connectivity index (χ1n) is 11.5. The van der Waals surface area contributed by atoms with Gasteiger partial charge in [0.2, 0.25) is 5.95 Å². The first kappa shape index (κ1) is 23.5. The molecule has 0 saturated carbocycles. The minimum Gasteiger partial charge on any atom is -0.495 e. The first-order chi connectivity index (χ1) is 17.5. The number of hydrogen-bond acceptors (Lipinski definition) is 10. The number of nitrogens with one attached hydrogen (secondary N) is 3. The fourth-order valence-corrected chi connectivity index (χ4v) is 4.22. The molecule has 0 aliphatic carbocycles. The number of ether oxygens (including phenoxy) is 2. The highest BCUT2D eigenvalue weighted by molar-refractivity contribution is 6.00. The third kappa shape index (κ3) is 4.77. The zero-order valence-electron chi connectivity index (χ0n) is 19.8. The highest BCUT2D eigenvalue weighted by Gasteiger charge is 2.27. The Kier molecular flexibility index (Phi) is 6.61. The number of carbonyl (C=O) groups excluding carboxylic acids is 1. The molecular formula is C26H25N5O5. The standard InChI is InChI=1S/C26H25N5O5/c1-15(32)23-24(21-14-27-11-12-35-21)17-8-7-16(13-20(17)36-25(23)33)29-26-28-10-9-22(31-26)30-18-5-3-4-6-19(18)34-2/h3-10,13,21,27H,11-12,14H2,1-2H3,(H2,28,29,30,31). The molecule has 1 atom stereocenters. The Morgan fingerprint density at radius 2 is 2.03 bits per heavy atom. The normalized spacial score (nSPS) is 15.4. The number of para-hydroxylation sites is 2. The van der Waals surface area contributed by atoms with E-state index in [4.69, 9.17) is 13.9 Å². The fourth-order valence-electron chi connectivity index (χ4n) is 4.22. The van der Waals surface area contributed by atoms with E-state index in [-0.39, 0.29) is 11.3 Å². The van der Waals surface area contributed by atoms with Gasteiger partial charge in [-0.1, -0.05) is 12.1 Å². The Labute approximate surface area is 206 Å². The molecule has 4 aromatic rings. The predicted molar refractivity (Wildman–Crippen MR) is 136 cm³/mol. The van der Waals surface area contributed by atoms with E-state index >= 15 is 0 Å². The molecule has 2 aromatic heterocycles. The van der Waals surface area contributed by atoms with Crippen molar-refractivity contribution in [1.82, 2.24) is 15.3 Å². The summed E-state index contributed by atoms with van der Waals surface area (Å²) in [5.41, 5.74) is 1.61. The number of ketones is 1. The number of anilines is 4. The van der Waals surface area contributed by atoms with Gasteiger partial charge in [0.15, 0.2) is 5.78 Å². The van der Waals surface area contributed by atoms with Crippen molar-refractivity contribution in [3.8, 4) is 5.75 Å². The summed E-state index contributed by atoms with van der Waals surface area (Å²) in [7, 11) is 1.60. The molecule has 0 amide bonds. The molecule has 184 valence electrons. The summed E-state index contributed by atoms with van der Waals surface area (Å²) in [6.45, 7) is 3.06. The van der Waals surface area contributed by atoms with Crippen molar-refractivity contribution in [1.29, 1.82) is 0 Å². The molecule has 1 fully saturated rings. The van der Waals surface area contributed by atoms with Crippen LogP contribution in [0.3, 0.4) is 0 Å². The average Bonchev–Trinajstić information content (AvgIpc) is 2.88. The van der Waals surface area contributed by atoms with Crippen LogP contribution < -0.4 is 26.3 Å². The molecule has 36 heavy (non-hydrogen) atoms. The zero-order chi connectivity index (χ0) is 25.1. The van der Waals surface area contributed by atoms with Gasteiger partial charge in [0, 0.05) is 42.0 Å². The molecule has 1 aliphatic heterocycles. The van der Waals surface area contributed by atoms with Crippen molar-refractivity contribution in [3.63, 3.8) is 0 Å². The van der Waals surface area contributed by atoms with Gasteiger partial charge >= 0.3 is 5.63 Å². The van der Waals surface area contributed by atoms with Crippen LogP contribution >= 0.6 is 0 Å². The molecule has 1 saturated heterocycles. The van der Waals surface area contributed by atoms with E-state index < -0.39 is 11.7 Å². The van der Waals surface area contributed by atoms with Crippen molar-refractivity contribution in [3.05, 3.63) is 76.3 Å². The van der Waals surface area contributed by atoms with Crippen molar-refractivity contribution < 1.29 is 18.7 Å². The largest absolute Gasteiger partial charge is 0.495 e. The van der Waals surface area contributed by atoms with Gasteiger partial charge in [0.1, 0.15) is 22.7 Å². The van der Waals surface area contributed by atoms with Gasteiger partial charge < -0.3 is 29.8 Å². The summed E-state index contributed by atoms with van der Waals surface area (Å²) in [5.74, 6) is 1.24. The molecule has 0 bridgehead atoms. The summed E-state index contributed by atoms with van der Waals surface area (Å²) in [6.07, 6.45) is 1.20. The van der Waals surface area contributed by atoms with Crippen LogP contribution in [0.2, 0.25) is 0 Å². The van der Waals surface area contributed by atoms with E-state index in [1.807, 2.05) is 30.3 Å². The van der Waals surface area contributed by atoms with Crippen LogP contribution in [-0.4, -0.2) is 42.6 Å². The highest BCUT2D eigenvalue weighted by Crippen LogP contribution is 2.32. The van der Waals surface area contributed by atoms with Gasteiger partial charge in [-0.2, -0.15) is 4.98 Å². The first-order valence-corrected chi connectivity index (χ1v) is 11.5. The van der Waals surface area contributed by atoms with Gasteiger partial charge in [-0.25, -0.2) is 9.78 Å². The smallest absolute Gasteiger partial charge is 0.347 e. The van der Waals surface area contributed by atoms with E-state index in [9.17, 15) is 9.59 Å². The number of benzene rings is 2. The lowest BCUT2D eigenvalue weighted by Gasteiger charge is -2.26. The van der Waals surface area contributed by atoms with E-state index in [1.54, 1.807) is 31.5 Å². The molecule has 10 heteroatoms. The van der Waals surface area contributed by atoms with Crippen molar-refractivity contribution in [2.24, 2.45) is 0 Å². The van der Waals surface area contributed by atoms with E-state index in [2.05, 4.69) is 25.9 Å². The van der Waals surface area contributed by atoms with Crippen LogP contribution in [0.1, 0.15) is 28.9 Å². The minimum absolute atomic E-state index is 0.0235. The Balaban J connectivity index is 1.46. The lowest BCUT2D eigenvalue weighted by atomic mass is 9.96. The van der Waals surface area contributed by atoms with Gasteiger partial charge in [0.05, 0.1) is 25.5 Å². The SMILES string of the molecule is COc1ccccc1Nc1ccnc(Nc2ccc3c(C4CNCCO4)c(C(C)=O)c(=O)oc3c2)n1. The van der Waals surface area contributed by atoms with Crippen LogP contribution in [-0.2, 0) is 4.74 Å². The zero-order valence-corrected chi connectivity index (χ0v) is 19.8. The highest BCUT2D eigenvalue weighted by atomic mass is 16.5. The Morgan fingerprint density at radius 3 is 2.81 bits per heavy atom. The summed E-state index contributed by atoms with van der Waals surface area (Å²) >= 11 is 0. The molecule has 0 spiro atoms. The third-order valence-electron chi connectivity index (χ3n) is 5.83. The van der Waals surface area contributed by atoms with Crippen molar-refractivity contribution in [2.45, 2.75) is 13.0 Å². The maximum absolute atomic E-state index is 12.8. The molecule has 1 aliphatic rings. The number of fused-ring (bicyclic) bond motifs is 1. The van der Waals surface area contributed by atoms with Gasteiger partial charge in [-0.05, 0) is 37.3 Å². The number of nitrogens with zero attached hydrogens (tertiary/aromatic N) is 2. The van der Waals surface area contributed by atoms with E-state index in [0.29, 0.717) is 59.4 Å². The molecule has 1 unspecified atom stereocenters. The maximum atomic E-state index is 12.8. The number of aromatic nitrogens is 2. The van der Waals surface area contributed by atoms with Crippen molar-refractivity contribution in [2.75, 3.05) is 37.4 Å². The van der Waals surface area contributed by atoms with Gasteiger partial charge in [-0.3, -0.25) is 4.79 Å². The van der Waals surface area contributed by atoms with Crippen LogP contribution in [0.4, 0.5) is 23.1 Å². The summed E-state index contributed by atoms with van der Waals surface area (Å²) < 4.78 is 16.8.